The molecule has 0 bridgehead atoms. The zero-order valence-corrected chi connectivity index (χ0v) is 11.8. The van der Waals surface area contributed by atoms with Gasteiger partial charge in [0, 0.05) is 0 Å². The summed E-state index contributed by atoms with van der Waals surface area (Å²) < 4.78 is 4.73. The standard InChI is InChI=1S/C13H12O2.C3H5ClO/c14-12-5-1-10(2-6-12)9-11-3-7-13(15)8-4-11;4-1-3-2-5-3/h1-8,14-15H,9H2;3H,1-2H2. The van der Waals surface area contributed by atoms with E-state index in [0.717, 1.165) is 24.2 Å². The van der Waals surface area contributed by atoms with Crippen molar-refractivity contribution in [2.45, 2.75) is 12.5 Å². The molecule has 0 aliphatic carbocycles. The number of aromatic hydroxyl groups is 2. The highest BCUT2D eigenvalue weighted by molar-refractivity contribution is 6.18. The molecule has 3 nitrogen and oxygen atoms in total. The van der Waals surface area contributed by atoms with Gasteiger partial charge in [0.25, 0.3) is 0 Å². The minimum Gasteiger partial charge on any atom is -0.508 e. The molecule has 1 heterocycles. The van der Waals surface area contributed by atoms with Crippen LogP contribution in [0.3, 0.4) is 0 Å². The Hall–Kier alpha value is -1.71. The molecule has 1 fully saturated rings. The summed E-state index contributed by atoms with van der Waals surface area (Å²) in [4.78, 5) is 0. The van der Waals surface area contributed by atoms with Crippen molar-refractivity contribution in [1.29, 1.82) is 0 Å². The van der Waals surface area contributed by atoms with Crippen LogP contribution < -0.4 is 0 Å². The normalized spacial score (nSPS) is 16.1. The van der Waals surface area contributed by atoms with E-state index in [-0.39, 0.29) is 11.5 Å². The number of benzene rings is 2. The van der Waals surface area contributed by atoms with Crippen molar-refractivity contribution in [2.24, 2.45) is 0 Å². The Balaban J connectivity index is 0.000000247. The molecule has 0 aromatic heterocycles. The number of halogens is 1. The number of epoxide rings is 1. The lowest BCUT2D eigenvalue weighted by molar-refractivity contribution is 0.425. The van der Waals surface area contributed by atoms with Gasteiger partial charge in [-0.25, -0.2) is 0 Å². The summed E-state index contributed by atoms with van der Waals surface area (Å²) in [6.07, 6.45) is 1.21. The van der Waals surface area contributed by atoms with Gasteiger partial charge in [0.15, 0.2) is 0 Å². The third-order valence-corrected chi connectivity index (χ3v) is 3.20. The average Bonchev–Trinajstić information content (AvgIpc) is 3.29. The van der Waals surface area contributed by atoms with Crippen LogP contribution in [0.4, 0.5) is 0 Å². The molecular weight excluding hydrogens is 276 g/mol. The molecule has 0 saturated carbocycles. The fraction of sp³-hybridized carbons (Fsp3) is 0.250. The Morgan fingerprint density at radius 2 is 1.30 bits per heavy atom. The SMILES string of the molecule is ClCC1CO1.Oc1ccc(Cc2ccc(O)cc2)cc1. The zero-order chi connectivity index (χ0) is 14.4. The molecule has 106 valence electrons. The summed E-state index contributed by atoms with van der Waals surface area (Å²) in [5.41, 5.74) is 2.27. The summed E-state index contributed by atoms with van der Waals surface area (Å²) in [5, 5.41) is 18.3. The van der Waals surface area contributed by atoms with E-state index in [1.807, 2.05) is 24.3 Å². The van der Waals surface area contributed by atoms with Crippen LogP contribution >= 0.6 is 11.6 Å². The molecule has 4 heteroatoms. The van der Waals surface area contributed by atoms with E-state index in [2.05, 4.69) is 0 Å². The maximum atomic E-state index is 9.13. The highest BCUT2D eigenvalue weighted by Gasteiger charge is 2.19. The van der Waals surface area contributed by atoms with E-state index in [9.17, 15) is 0 Å². The number of phenolic OH excluding ortho intramolecular Hbond substituents is 2. The monoisotopic (exact) mass is 292 g/mol. The molecule has 1 aliphatic rings. The topological polar surface area (TPSA) is 53.0 Å². The summed E-state index contributed by atoms with van der Waals surface area (Å²) in [5.74, 6) is 1.23. The summed E-state index contributed by atoms with van der Waals surface area (Å²) >= 11 is 5.27. The van der Waals surface area contributed by atoms with E-state index < -0.39 is 0 Å². The molecule has 0 amide bonds. The fourth-order valence-electron chi connectivity index (χ4n) is 1.62. The molecule has 1 atom stereocenters. The van der Waals surface area contributed by atoms with Gasteiger partial charge in [-0.2, -0.15) is 0 Å². The molecule has 1 aliphatic heterocycles. The van der Waals surface area contributed by atoms with Crippen LogP contribution in [0.5, 0.6) is 11.5 Å². The zero-order valence-electron chi connectivity index (χ0n) is 11.0. The van der Waals surface area contributed by atoms with Crippen LogP contribution in [0.25, 0.3) is 0 Å². The lowest BCUT2D eigenvalue weighted by atomic mass is 10.1. The summed E-state index contributed by atoms with van der Waals surface area (Å²) in [7, 11) is 0. The summed E-state index contributed by atoms with van der Waals surface area (Å²) in [6.45, 7) is 0.878. The van der Waals surface area contributed by atoms with Crippen molar-refractivity contribution in [3.63, 3.8) is 0 Å². The largest absolute Gasteiger partial charge is 0.508 e. The molecular formula is C16H17ClO3. The number of ether oxygens (including phenoxy) is 1. The number of phenols is 2. The third-order valence-electron chi connectivity index (χ3n) is 2.86. The lowest BCUT2D eigenvalue weighted by Crippen LogP contribution is -1.86. The molecule has 0 spiro atoms. The highest BCUT2D eigenvalue weighted by atomic mass is 35.5. The second-order valence-corrected chi connectivity index (χ2v) is 4.93. The maximum absolute atomic E-state index is 9.13. The Morgan fingerprint density at radius 1 is 0.900 bits per heavy atom. The van der Waals surface area contributed by atoms with E-state index in [1.54, 1.807) is 24.3 Å². The maximum Gasteiger partial charge on any atom is 0.115 e. The van der Waals surface area contributed by atoms with Gasteiger partial charge in [-0.05, 0) is 41.8 Å². The first-order valence-electron chi connectivity index (χ1n) is 6.41. The molecule has 3 rings (SSSR count). The van der Waals surface area contributed by atoms with Crippen LogP contribution in [-0.2, 0) is 11.2 Å². The van der Waals surface area contributed by atoms with E-state index in [1.165, 1.54) is 0 Å². The number of hydrogen-bond acceptors (Lipinski definition) is 3. The van der Waals surface area contributed by atoms with Gasteiger partial charge in [-0.15, -0.1) is 11.6 Å². The second kappa shape index (κ2) is 7.17. The van der Waals surface area contributed by atoms with Gasteiger partial charge < -0.3 is 14.9 Å². The second-order valence-electron chi connectivity index (χ2n) is 4.62. The predicted octanol–water partition coefficient (Wildman–Crippen LogP) is 3.31. The minimum atomic E-state index is 0.282. The van der Waals surface area contributed by atoms with Crippen LogP contribution in [-0.4, -0.2) is 28.8 Å². The predicted molar refractivity (Wildman–Crippen MR) is 79.5 cm³/mol. The number of alkyl halides is 1. The van der Waals surface area contributed by atoms with Gasteiger partial charge in [0.2, 0.25) is 0 Å². The number of rotatable bonds is 3. The van der Waals surface area contributed by atoms with Crippen LogP contribution in [0.2, 0.25) is 0 Å². The van der Waals surface area contributed by atoms with Crippen molar-refractivity contribution in [1.82, 2.24) is 0 Å². The first kappa shape index (κ1) is 14.7. The number of hydrogen-bond donors (Lipinski definition) is 2. The minimum absolute atomic E-state index is 0.282. The highest BCUT2D eigenvalue weighted by Crippen LogP contribution is 2.16. The Labute approximate surface area is 123 Å². The van der Waals surface area contributed by atoms with E-state index >= 15 is 0 Å². The van der Waals surface area contributed by atoms with E-state index in [4.69, 9.17) is 26.6 Å². The van der Waals surface area contributed by atoms with Gasteiger partial charge in [-0.3, -0.25) is 0 Å². The van der Waals surface area contributed by atoms with Gasteiger partial charge >= 0.3 is 0 Å². The van der Waals surface area contributed by atoms with Gasteiger partial charge in [-0.1, -0.05) is 24.3 Å². The quantitative estimate of drug-likeness (QED) is 0.674. The lowest BCUT2D eigenvalue weighted by Gasteiger charge is -2.02. The van der Waals surface area contributed by atoms with Crippen molar-refractivity contribution < 1.29 is 14.9 Å². The first-order chi connectivity index (χ1) is 9.67. The van der Waals surface area contributed by atoms with Crippen LogP contribution in [0.1, 0.15) is 11.1 Å². The van der Waals surface area contributed by atoms with Crippen LogP contribution in [0.15, 0.2) is 48.5 Å². The third kappa shape index (κ3) is 5.11. The van der Waals surface area contributed by atoms with Crippen molar-refractivity contribution in [3.8, 4) is 11.5 Å². The first-order valence-corrected chi connectivity index (χ1v) is 6.94. The van der Waals surface area contributed by atoms with Crippen LogP contribution in [0, 0.1) is 0 Å². The average molecular weight is 293 g/mol. The molecule has 0 radical (unpaired) electrons. The smallest absolute Gasteiger partial charge is 0.115 e. The van der Waals surface area contributed by atoms with E-state index in [0.29, 0.717) is 12.0 Å². The van der Waals surface area contributed by atoms with Crippen molar-refractivity contribution in [2.75, 3.05) is 12.5 Å². The molecule has 1 saturated heterocycles. The molecule has 2 N–H and O–H groups in total. The fourth-order valence-corrected chi connectivity index (χ4v) is 1.80. The van der Waals surface area contributed by atoms with Gasteiger partial charge in [0.05, 0.1) is 18.6 Å². The molecule has 1 unspecified atom stereocenters. The summed E-state index contributed by atoms with van der Waals surface area (Å²) in [6, 6.07) is 14.3. The molecule has 2 aromatic rings. The van der Waals surface area contributed by atoms with Crippen molar-refractivity contribution >= 4 is 11.6 Å². The Bertz CT molecular complexity index is 475. The molecule has 2 aromatic carbocycles. The molecule has 20 heavy (non-hydrogen) atoms. The van der Waals surface area contributed by atoms with Crippen molar-refractivity contribution in [3.05, 3.63) is 59.7 Å². The Kier molecular flexibility index (Phi) is 5.27. The Morgan fingerprint density at radius 3 is 1.55 bits per heavy atom. The van der Waals surface area contributed by atoms with Gasteiger partial charge in [0.1, 0.15) is 11.5 Å².